The predicted molar refractivity (Wildman–Crippen MR) is 70.4 cm³/mol. The molecular weight excluding hydrogens is 212 g/mol. The zero-order valence-corrected chi connectivity index (χ0v) is 10.5. The molecular formula is C14H18N2O. The maximum Gasteiger partial charge on any atom is 0.145 e. The van der Waals surface area contributed by atoms with E-state index in [-0.39, 0.29) is 6.04 Å². The Bertz CT molecular complexity index is 535. The number of hydrogen-bond donors (Lipinski definition) is 1. The number of ether oxygens (including phenoxy) is 1. The molecule has 0 bridgehead atoms. The molecule has 2 aromatic rings. The lowest BCUT2D eigenvalue weighted by Gasteiger charge is -2.13. The number of aromatic nitrogens is 1. The molecule has 1 atom stereocenters. The van der Waals surface area contributed by atoms with Crippen LogP contribution in [0.15, 0.2) is 24.4 Å². The van der Waals surface area contributed by atoms with E-state index in [1.165, 1.54) is 16.5 Å². The van der Waals surface area contributed by atoms with Gasteiger partial charge in [-0.25, -0.2) is 0 Å². The molecule has 0 radical (unpaired) electrons. The quantitative estimate of drug-likeness (QED) is 0.881. The molecule has 1 heterocycles. The molecule has 0 spiro atoms. The molecule has 1 aromatic carbocycles. The van der Waals surface area contributed by atoms with Crippen molar-refractivity contribution in [1.82, 2.24) is 4.98 Å². The maximum absolute atomic E-state index is 5.88. The van der Waals surface area contributed by atoms with Gasteiger partial charge in [0.1, 0.15) is 11.3 Å². The number of rotatable bonds is 3. The molecule has 0 aliphatic heterocycles. The monoisotopic (exact) mass is 230 g/mol. The van der Waals surface area contributed by atoms with E-state index in [9.17, 15) is 0 Å². The van der Waals surface area contributed by atoms with Crippen LogP contribution < -0.4 is 10.5 Å². The Morgan fingerprint density at radius 1 is 1.35 bits per heavy atom. The van der Waals surface area contributed by atoms with Crippen LogP contribution in [0.3, 0.4) is 0 Å². The smallest absolute Gasteiger partial charge is 0.145 e. The van der Waals surface area contributed by atoms with Crippen molar-refractivity contribution >= 4 is 10.9 Å². The maximum atomic E-state index is 5.88. The zero-order chi connectivity index (χ0) is 12.4. The van der Waals surface area contributed by atoms with Gasteiger partial charge in [0, 0.05) is 17.6 Å². The number of fused-ring (bicyclic) bond motifs is 1. The molecule has 0 aliphatic rings. The zero-order valence-electron chi connectivity index (χ0n) is 10.5. The minimum absolute atomic E-state index is 0.145. The van der Waals surface area contributed by atoms with Crippen LogP contribution >= 0.6 is 0 Å². The summed E-state index contributed by atoms with van der Waals surface area (Å²) in [5.74, 6) is 0.817. The molecule has 0 saturated carbocycles. The van der Waals surface area contributed by atoms with Crippen molar-refractivity contribution in [2.75, 3.05) is 7.11 Å². The van der Waals surface area contributed by atoms with Crippen molar-refractivity contribution in [1.29, 1.82) is 0 Å². The Morgan fingerprint density at radius 3 is 2.76 bits per heavy atom. The fourth-order valence-electron chi connectivity index (χ4n) is 2.17. The Labute approximate surface area is 102 Å². The highest BCUT2D eigenvalue weighted by Crippen LogP contribution is 2.29. The Balaban J connectivity index is 2.70. The van der Waals surface area contributed by atoms with Crippen molar-refractivity contribution in [2.45, 2.75) is 26.3 Å². The Morgan fingerprint density at radius 2 is 2.12 bits per heavy atom. The van der Waals surface area contributed by atoms with E-state index in [1.807, 2.05) is 25.3 Å². The van der Waals surface area contributed by atoms with Crippen molar-refractivity contribution in [2.24, 2.45) is 5.73 Å². The van der Waals surface area contributed by atoms with E-state index >= 15 is 0 Å². The van der Waals surface area contributed by atoms with E-state index in [0.29, 0.717) is 0 Å². The normalized spacial score (nSPS) is 12.7. The molecule has 1 aromatic heterocycles. The fourth-order valence-corrected chi connectivity index (χ4v) is 2.17. The van der Waals surface area contributed by atoms with Gasteiger partial charge in [-0.1, -0.05) is 6.07 Å². The van der Waals surface area contributed by atoms with Gasteiger partial charge in [0.05, 0.1) is 7.11 Å². The second-order valence-electron chi connectivity index (χ2n) is 4.46. The van der Waals surface area contributed by atoms with Gasteiger partial charge < -0.3 is 10.5 Å². The van der Waals surface area contributed by atoms with Gasteiger partial charge in [0.15, 0.2) is 0 Å². The van der Waals surface area contributed by atoms with Crippen LogP contribution in [0.25, 0.3) is 10.9 Å². The second kappa shape index (κ2) is 4.72. The van der Waals surface area contributed by atoms with Crippen LogP contribution in [0.4, 0.5) is 0 Å². The van der Waals surface area contributed by atoms with Gasteiger partial charge in [-0.05, 0) is 43.5 Å². The number of pyridine rings is 1. The summed E-state index contributed by atoms with van der Waals surface area (Å²) in [5.41, 5.74) is 9.26. The highest BCUT2D eigenvalue weighted by atomic mass is 16.5. The number of nitrogens with zero attached hydrogens (tertiary/aromatic N) is 1. The molecule has 1 unspecified atom stereocenters. The van der Waals surface area contributed by atoms with Crippen LogP contribution in [0.2, 0.25) is 0 Å². The lowest BCUT2D eigenvalue weighted by molar-refractivity contribution is 0.418. The van der Waals surface area contributed by atoms with Gasteiger partial charge >= 0.3 is 0 Å². The summed E-state index contributed by atoms with van der Waals surface area (Å²) >= 11 is 0. The van der Waals surface area contributed by atoms with Crippen molar-refractivity contribution in [3.05, 3.63) is 35.5 Å². The number of nitrogens with two attached hydrogens (primary N) is 1. The van der Waals surface area contributed by atoms with Gasteiger partial charge in [-0.3, -0.25) is 4.98 Å². The lowest BCUT2D eigenvalue weighted by Crippen LogP contribution is -2.18. The van der Waals surface area contributed by atoms with E-state index in [1.54, 1.807) is 7.11 Å². The summed E-state index contributed by atoms with van der Waals surface area (Å²) in [6.45, 7) is 4.11. The number of hydrogen-bond acceptors (Lipinski definition) is 3. The molecule has 3 heteroatoms. The summed E-state index contributed by atoms with van der Waals surface area (Å²) < 4.78 is 5.35. The number of benzene rings is 1. The Kier molecular flexibility index (Phi) is 3.29. The van der Waals surface area contributed by atoms with Crippen LogP contribution in [0.1, 0.15) is 18.1 Å². The first-order chi connectivity index (χ1) is 8.13. The molecule has 0 aliphatic carbocycles. The summed E-state index contributed by atoms with van der Waals surface area (Å²) in [4.78, 5) is 4.41. The number of aryl methyl sites for hydroxylation is 1. The first kappa shape index (κ1) is 11.9. The number of methoxy groups -OCH3 is 1. The highest BCUT2D eigenvalue weighted by molar-refractivity contribution is 5.90. The fraction of sp³-hybridized carbons (Fsp3) is 0.357. The first-order valence-electron chi connectivity index (χ1n) is 5.80. The molecule has 0 saturated heterocycles. The average molecular weight is 230 g/mol. The third-order valence-electron chi connectivity index (χ3n) is 2.91. The van der Waals surface area contributed by atoms with Crippen LogP contribution in [0.5, 0.6) is 5.75 Å². The lowest BCUT2D eigenvalue weighted by atomic mass is 9.98. The van der Waals surface area contributed by atoms with Gasteiger partial charge in [0.2, 0.25) is 0 Å². The first-order valence-corrected chi connectivity index (χ1v) is 5.80. The van der Waals surface area contributed by atoms with E-state index in [2.05, 4.69) is 18.0 Å². The third-order valence-corrected chi connectivity index (χ3v) is 2.91. The van der Waals surface area contributed by atoms with Gasteiger partial charge in [-0.2, -0.15) is 0 Å². The molecule has 0 fully saturated rings. The summed E-state index contributed by atoms with van der Waals surface area (Å²) in [6.07, 6.45) is 2.67. The van der Waals surface area contributed by atoms with Gasteiger partial charge in [-0.15, -0.1) is 0 Å². The van der Waals surface area contributed by atoms with E-state index in [0.717, 1.165) is 17.7 Å². The minimum atomic E-state index is 0.145. The average Bonchev–Trinajstić information content (AvgIpc) is 2.28. The molecule has 17 heavy (non-hydrogen) atoms. The van der Waals surface area contributed by atoms with E-state index in [4.69, 9.17) is 10.5 Å². The van der Waals surface area contributed by atoms with Crippen molar-refractivity contribution in [3.8, 4) is 5.75 Å². The standard InChI is InChI=1S/C14H18N2O/c1-9-6-7-16-14-12(17-3)5-4-11(13(9)14)8-10(2)15/h4-7,10H,8,15H2,1-3H3. The second-order valence-corrected chi connectivity index (χ2v) is 4.46. The minimum Gasteiger partial charge on any atom is -0.494 e. The van der Waals surface area contributed by atoms with Crippen molar-refractivity contribution < 1.29 is 4.74 Å². The molecule has 2 N–H and O–H groups in total. The topological polar surface area (TPSA) is 48.1 Å². The highest BCUT2D eigenvalue weighted by Gasteiger charge is 2.10. The molecule has 2 rings (SSSR count). The third kappa shape index (κ3) is 2.24. The molecule has 3 nitrogen and oxygen atoms in total. The molecule has 0 amide bonds. The molecule has 90 valence electrons. The predicted octanol–water partition coefficient (Wildman–Crippen LogP) is 2.44. The summed E-state index contributed by atoms with van der Waals surface area (Å²) in [6, 6.07) is 6.21. The summed E-state index contributed by atoms with van der Waals surface area (Å²) in [7, 11) is 1.67. The van der Waals surface area contributed by atoms with Crippen LogP contribution in [-0.2, 0) is 6.42 Å². The van der Waals surface area contributed by atoms with Crippen LogP contribution in [-0.4, -0.2) is 18.1 Å². The van der Waals surface area contributed by atoms with Crippen molar-refractivity contribution in [3.63, 3.8) is 0 Å². The van der Waals surface area contributed by atoms with Gasteiger partial charge in [0.25, 0.3) is 0 Å². The van der Waals surface area contributed by atoms with E-state index < -0.39 is 0 Å². The van der Waals surface area contributed by atoms with Crippen LogP contribution in [0, 0.1) is 6.92 Å². The Hall–Kier alpha value is -1.61. The largest absolute Gasteiger partial charge is 0.494 e. The SMILES string of the molecule is COc1ccc(CC(C)N)c2c(C)ccnc12. The summed E-state index contributed by atoms with van der Waals surface area (Å²) in [5, 5.41) is 1.17.